The van der Waals surface area contributed by atoms with Gasteiger partial charge in [0.2, 0.25) is 5.91 Å². The van der Waals surface area contributed by atoms with Gasteiger partial charge in [-0.05, 0) is 62.4 Å². The van der Waals surface area contributed by atoms with Crippen LogP contribution >= 0.6 is 0 Å². The number of amides is 1. The van der Waals surface area contributed by atoms with Crippen LogP contribution in [0.5, 0.6) is 5.75 Å². The van der Waals surface area contributed by atoms with Gasteiger partial charge in [0.05, 0.1) is 13.0 Å². The summed E-state index contributed by atoms with van der Waals surface area (Å²) in [7, 11) is 0. The third kappa shape index (κ3) is 4.46. The SMILES string of the molecule is Cc1ccc(OCCC(=O)NC2CCCC2CN)cc1C. The van der Waals surface area contributed by atoms with Crippen LogP contribution in [0.25, 0.3) is 0 Å². The smallest absolute Gasteiger partial charge is 0.223 e. The normalized spacial score (nSPS) is 21.3. The molecule has 0 bridgehead atoms. The number of ether oxygens (including phenoxy) is 1. The molecule has 4 heteroatoms. The lowest BCUT2D eigenvalue weighted by Crippen LogP contribution is -2.40. The van der Waals surface area contributed by atoms with Crippen molar-refractivity contribution in [2.75, 3.05) is 13.2 Å². The Labute approximate surface area is 127 Å². The second kappa shape index (κ2) is 7.46. The van der Waals surface area contributed by atoms with E-state index in [4.69, 9.17) is 10.5 Å². The summed E-state index contributed by atoms with van der Waals surface area (Å²) in [5.74, 6) is 1.32. The molecule has 1 aromatic rings. The van der Waals surface area contributed by atoms with Crippen LogP contribution in [0.3, 0.4) is 0 Å². The number of carbonyl (C=O) groups excluding carboxylic acids is 1. The highest BCUT2D eigenvalue weighted by Gasteiger charge is 2.27. The predicted octanol–water partition coefficient (Wildman–Crippen LogP) is 2.32. The van der Waals surface area contributed by atoms with Crippen LogP contribution in [-0.4, -0.2) is 25.1 Å². The number of benzene rings is 1. The minimum Gasteiger partial charge on any atom is -0.493 e. The second-order valence-electron chi connectivity index (χ2n) is 5.95. The van der Waals surface area contributed by atoms with Gasteiger partial charge in [-0.25, -0.2) is 0 Å². The molecule has 0 spiro atoms. The standard InChI is InChI=1S/C17H26N2O2/c1-12-6-7-15(10-13(12)2)21-9-8-17(20)19-16-5-3-4-14(16)11-18/h6-7,10,14,16H,3-5,8-9,11,18H2,1-2H3,(H,19,20). The largest absolute Gasteiger partial charge is 0.493 e. The number of hydrogen-bond acceptors (Lipinski definition) is 3. The highest BCUT2D eigenvalue weighted by Crippen LogP contribution is 2.24. The van der Waals surface area contributed by atoms with Gasteiger partial charge in [0.25, 0.3) is 0 Å². The van der Waals surface area contributed by atoms with Gasteiger partial charge in [0.15, 0.2) is 0 Å². The van der Waals surface area contributed by atoms with Crippen molar-refractivity contribution in [1.82, 2.24) is 5.32 Å². The fraction of sp³-hybridized carbons (Fsp3) is 0.588. The Morgan fingerprint density at radius 1 is 1.33 bits per heavy atom. The van der Waals surface area contributed by atoms with Crippen molar-refractivity contribution < 1.29 is 9.53 Å². The molecule has 2 unspecified atom stereocenters. The Kier molecular flexibility index (Phi) is 5.62. The quantitative estimate of drug-likeness (QED) is 0.845. The van der Waals surface area contributed by atoms with Crippen molar-refractivity contribution in [3.05, 3.63) is 29.3 Å². The third-order valence-corrected chi connectivity index (χ3v) is 4.38. The molecule has 0 heterocycles. The molecule has 2 rings (SSSR count). The number of hydrogen-bond donors (Lipinski definition) is 2. The lowest BCUT2D eigenvalue weighted by atomic mass is 10.0. The maximum atomic E-state index is 11.9. The summed E-state index contributed by atoms with van der Waals surface area (Å²) in [5.41, 5.74) is 8.17. The van der Waals surface area contributed by atoms with Crippen LogP contribution in [0.4, 0.5) is 0 Å². The molecule has 0 radical (unpaired) electrons. The molecule has 0 aliphatic heterocycles. The minimum atomic E-state index is 0.0594. The first-order valence-electron chi connectivity index (χ1n) is 7.79. The molecular formula is C17H26N2O2. The van der Waals surface area contributed by atoms with Crippen molar-refractivity contribution >= 4 is 5.91 Å². The van der Waals surface area contributed by atoms with Gasteiger partial charge in [-0.15, -0.1) is 0 Å². The van der Waals surface area contributed by atoms with E-state index in [-0.39, 0.29) is 11.9 Å². The highest BCUT2D eigenvalue weighted by molar-refractivity contribution is 5.76. The first kappa shape index (κ1) is 15.8. The van der Waals surface area contributed by atoms with Crippen molar-refractivity contribution in [2.24, 2.45) is 11.7 Å². The summed E-state index contributed by atoms with van der Waals surface area (Å²) in [5, 5.41) is 3.09. The Hall–Kier alpha value is -1.55. The van der Waals surface area contributed by atoms with E-state index in [9.17, 15) is 4.79 Å². The number of carbonyl (C=O) groups is 1. The summed E-state index contributed by atoms with van der Waals surface area (Å²) in [6.07, 6.45) is 3.72. The van der Waals surface area contributed by atoms with Gasteiger partial charge in [0, 0.05) is 6.04 Å². The molecule has 1 fully saturated rings. The molecule has 1 aromatic carbocycles. The van der Waals surface area contributed by atoms with E-state index in [1.807, 2.05) is 18.2 Å². The minimum absolute atomic E-state index is 0.0594. The molecule has 1 amide bonds. The van der Waals surface area contributed by atoms with Gasteiger partial charge in [-0.1, -0.05) is 12.5 Å². The van der Waals surface area contributed by atoms with Crippen molar-refractivity contribution in [1.29, 1.82) is 0 Å². The van der Waals surface area contributed by atoms with Crippen LogP contribution in [-0.2, 0) is 4.79 Å². The average molecular weight is 290 g/mol. The molecular weight excluding hydrogens is 264 g/mol. The van der Waals surface area contributed by atoms with Gasteiger partial charge in [-0.3, -0.25) is 4.79 Å². The fourth-order valence-corrected chi connectivity index (χ4v) is 2.85. The molecule has 21 heavy (non-hydrogen) atoms. The van der Waals surface area contributed by atoms with Crippen LogP contribution < -0.4 is 15.8 Å². The van der Waals surface area contributed by atoms with Crippen LogP contribution in [0.2, 0.25) is 0 Å². The Bertz CT molecular complexity index is 488. The van der Waals surface area contributed by atoms with E-state index in [1.165, 1.54) is 11.1 Å². The van der Waals surface area contributed by atoms with E-state index < -0.39 is 0 Å². The van der Waals surface area contributed by atoms with Crippen molar-refractivity contribution in [3.63, 3.8) is 0 Å². The van der Waals surface area contributed by atoms with Gasteiger partial charge >= 0.3 is 0 Å². The first-order valence-corrected chi connectivity index (χ1v) is 7.79. The number of nitrogens with one attached hydrogen (secondary N) is 1. The fourth-order valence-electron chi connectivity index (χ4n) is 2.85. The molecule has 2 atom stereocenters. The monoisotopic (exact) mass is 290 g/mol. The summed E-state index contributed by atoms with van der Waals surface area (Å²) in [6.45, 7) is 5.20. The number of aryl methyl sites for hydroxylation is 2. The zero-order valence-corrected chi connectivity index (χ0v) is 13.0. The highest BCUT2D eigenvalue weighted by atomic mass is 16.5. The average Bonchev–Trinajstić information content (AvgIpc) is 2.90. The zero-order chi connectivity index (χ0) is 15.2. The summed E-state index contributed by atoms with van der Waals surface area (Å²) in [4.78, 5) is 11.9. The van der Waals surface area contributed by atoms with Gasteiger partial charge in [0.1, 0.15) is 5.75 Å². The third-order valence-electron chi connectivity index (χ3n) is 4.38. The maximum absolute atomic E-state index is 11.9. The predicted molar refractivity (Wildman–Crippen MR) is 84.4 cm³/mol. The maximum Gasteiger partial charge on any atom is 0.223 e. The lowest BCUT2D eigenvalue weighted by molar-refractivity contribution is -0.122. The summed E-state index contributed by atoms with van der Waals surface area (Å²) < 4.78 is 5.64. The molecule has 4 nitrogen and oxygen atoms in total. The number of nitrogens with two attached hydrogens (primary N) is 1. The molecule has 1 saturated carbocycles. The molecule has 1 aliphatic rings. The van der Waals surface area contributed by atoms with E-state index in [0.29, 0.717) is 25.5 Å². The molecule has 3 N–H and O–H groups in total. The summed E-state index contributed by atoms with van der Waals surface area (Å²) in [6, 6.07) is 6.25. The topological polar surface area (TPSA) is 64.3 Å². The van der Waals surface area contributed by atoms with E-state index in [0.717, 1.165) is 25.0 Å². The van der Waals surface area contributed by atoms with Crippen LogP contribution in [0, 0.1) is 19.8 Å². The van der Waals surface area contributed by atoms with Gasteiger partial charge < -0.3 is 15.8 Å². The van der Waals surface area contributed by atoms with Crippen molar-refractivity contribution in [2.45, 2.75) is 45.6 Å². The molecule has 1 aliphatic carbocycles. The van der Waals surface area contributed by atoms with Gasteiger partial charge in [-0.2, -0.15) is 0 Å². The number of rotatable bonds is 6. The summed E-state index contributed by atoms with van der Waals surface area (Å²) >= 11 is 0. The second-order valence-corrected chi connectivity index (χ2v) is 5.95. The first-order chi connectivity index (χ1) is 10.1. The Morgan fingerprint density at radius 2 is 2.14 bits per heavy atom. The Morgan fingerprint density at radius 3 is 2.86 bits per heavy atom. The molecule has 0 saturated heterocycles. The Balaban J connectivity index is 1.72. The van der Waals surface area contributed by atoms with E-state index >= 15 is 0 Å². The van der Waals surface area contributed by atoms with Crippen LogP contribution in [0.1, 0.15) is 36.8 Å². The molecule has 116 valence electrons. The van der Waals surface area contributed by atoms with E-state index in [2.05, 4.69) is 19.2 Å². The van der Waals surface area contributed by atoms with Crippen molar-refractivity contribution in [3.8, 4) is 5.75 Å². The van der Waals surface area contributed by atoms with Crippen LogP contribution in [0.15, 0.2) is 18.2 Å². The lowest BCUT2D eigenvalue weighted by Gasteiger charge is -2.19. The van der Waals surface area contributed by atoms with E-state index in [1.54, 1.807) is 0 Å². The molecule has 0 aromatic heterocycles. The zero-order valence-electron chi connectivity index (χ0n) is 13.0.